The van der Waals surface area contributed by atoms with Gasteiger partial charge in [0.2, 0.25) is 5.96 Å². The first-order valence-corrected chi connectivity index (χ1v) is 8.96. The van der Waals surface area contributed by atoms with Gasteiger partial charge in [-0.25, -0.2) is 14.6 Å². The van der Waals surface area contributed by atoms with Crippen molar-refractivity contribution in [2.24, 2.45) is 4.99 Å². The summed E-state index contributed by atoms with van der Waals surface area (Å²) in [6.07, 6.45) is -1.56. The zero-order valence-electron chi connectivity index (χ0n) is 16.6. The summed E-state index contributed by atoms with van der Waals surface area (Å²) < 4.78 is 10.2. The van der Waals surface area contributed by atoms with Crippen LogP contribution in [0.1, 0.15) is 32.0 Å². The summed E-state index contributed by atoms with van der Waals surface area (Å²) in [6.45, 7) is 7.22. The van der Waals surface area contributed by atoms with Gasteiger partial charge < -0.3 is 24.8 Å². The Bertz CT molecular complexity index is 744. The normalized spacial score (nSPS) is 14.3. The van der Waals surface area contributed by atoms with Crippen LogP contribution in [0.4, 0.5) is 15.4 Å². The fourth-order valence-electron chi connectivity index (χ4n) is 2.62. The number of anilines is 1. The van der Waals surface area contributed by atoms with Gasteiger partial charge in [-0.05, 0) is 32.4 Å². The number of aromatic nitrogens is 1. The van der Waals surface area contributed by atoms with Crippen molar-refractivity contribution in [1.82, 2.24) is 15.2 Å². The predicted octanol–water partition coefficient (Wildman–Crippen LogP) is 2.06. The molecule has 0 aromatic carbocycles. The number of methoxy groups -OCH3 is 1. The number of hydrogen-bond donors (Lipinski definition) is 3. The first kappa shape index (κ1) is 21.4. The minimum absolute atomic E-state index is 0.0605. The lowest BCUT2D eigenvalue weighted by Crippen LogP contribution is -2.46. The Labute approximate surface area is 163 Å². The maximum absolute atomic E-state index is 12.0. The fourth-order valence-corrected chi connectivity index (χ4v) is 2.62. The lowest BCUT2D eigenvalue weighted by molar-refractivity contribution is 0.0601. The summed E-state index contributed by atoms with van der Waals surface area (Å²) in [6, 6.07) is 3.78. The van der Waals surface area contributed by atoms with Gasteiger partial charge in [0.1, 0.15) is 11.4 Å². The van der Waals surface area contributed by atoms with Crippen LogP contribution in [0.15, 0.2) is 17.1 Å². The Hall–Kier alpha value is -2.88. The second kappa shape index (κ2) is 9.36. The number of pyridine rings is 1. The number of rotatable bonds is 4. The van der Waals surface area contributed by atoms with Crippen molar-refractivity contribution in [1.29, 1.82) is 0 Å². The number of ether oxygens (including phenoxy) is 2. The Morgan fingerprint density at radius 1 is 1.36 bits per heavy atom. The van der Waals surface area contributed by atoms with E-state index in [1.165, 1.54) is 0 Å². The summed E-state index contributed by atoms with van der Waals surface area (Å²) in [7, 11) is 1.64. The molecule has 1 aliphatic heterocycles. The molecule has 0 unspecified atom stereocenters. The molecule has 0 fully saturated rings. The van der Waals surface area contributed by atoms with Crippen molar-refractivity contribution in [2.45, 2.75) is 39.3 Å². The molecule has 0 bridgehead atoms. The van der Waals surface area contributed by atoms with Gasteiger partial charge in [0.25, 0.3) is 0 Å². The van der Waals surface area contributed by atoms with Gasteiger partial charge in [0.05, 0.1) is 6.61 Å². The number of guanidine groups is 1. The molecule has 28 heavy (non-hydrogen) atoms. The monoisotopic (exact) mass is 393 g/mol. The largest absolute Gasteiger partial charge is 0.465 e. The van der Waals surface area contributed by atoms with Crippen LogP contribution >= 0.6 is 0 Å². The predicted molar refractivity (Wildman–Crippen MR) is 104 cm³/mol. The molecule has 10 nitrogen and oxygen atoms in total. The Kier molecular flexibility index (Phi) is 7.16. The van der Waals surface area contributed by atoms with Crippen LogP contribution in [0.2, 0.25) is 0 Å². The maximum Gasteiger partial charge on any atom is 0.437 e. The minimum atomic E-state index is -1.30. The van der Waals surface area contributed by atoms with E-state index < -0.39 is 17.8 Å². The Morgan fingerprint density at radius 3 is 2.75 bits per heavy atom. The maximum atomic E-state index is 12.0. The van der Waals surface area contributed by atoms with E-state index in [-0.39, 0.29) is 5.96 Å². The number of nitrogens with one attached hydrogen (secondary N) is 2. The number of fused-ring (bicyclic) bond motifs is 1. The second-order valence-electron chi connectivity index (χ2n) is 7.24. The standard InChI is InChI=1S/C18H27N5O5/c1-18(2,3)28-17(26)22-15(21-16(24)25)23-9-7-13-12(11-23)5-6-14(20-13)19-8-10-27-4/h5-6H,7-11H2,1-4H3,(H,19,20)(H,24,25)(H,21,22,26). The van der Waals surface area contributed by atoms with Gasteiger partial charge in [-0.1, -0.05) is 6.07 Å². The van der Waals surface area contributed by atoms with E-state index in [0.29, 0.717) is 32.7 Å². The van der Waals surface area contributed by atoms with Gasteiger partial charge in [-0.3, -0.25) is 5.32 Å². The molecular weight excluding hydrogens is 366 g/mol. The van der Waals surface area contributed by atoms with Gasteiger partial charge >= 0.3 is 12.2 Å². The van der Waals surface area contributed by atoms with Crippen LogP contribution in [0.3, 0.4) is 0 Å². The number of carboxylic acid groups (broad SMARTS) is 1. The van der Waals surface area contributed by atoms with Gasteiger partial charge in [0.15, 0.2) is 0 Å². The number of nitrogens with zero attached hydrogens (tertiary/aromatic N) is 3. The summed E-state index contributed by atoms with van der Waals surface area (Å²) in [5.41, 5.74) is 1.14. The Morgan fingerprint density at radius 2 is 2.11 bits per heavy atom. The van der Waals surface area contributed by atoms with Crippen LogP contribution < -0.4 is 10.6 Å². The third kappa shape index (κ3) is 6.69. The molecule has 0 saturated carbocycles. The molecule has 3 N–H and O–H groups in total. The Balaban J connectivity index is 2.13. The number of hydrogen-bond acceptors (Lipinski definition) is 6. The summed E-state index contributed by atoms with van der Waals surface area (Å²) >= 11 is 0. The molecule has 0 aliphatic carbocycles. The number of carbonyl (C=O) groups is 2. The average molecular weight is 393 g/mol. The van der Waals surface area contributed by atoms with Gasteiger partial charge in [-0.2, -0.15) is 0 Å². The van der Waals surface area contributed by atoms with Crippen LogP contribution in [0, 0.1) is 0 Å². The molecule has 0 saturated heterocycles. The zero-order valence-corrected chi connectivity index (χ0v) is 16.6. The molecule has 0 radical (unpaired) electrons. The average Bonchev–Trinajstić information content (AvgIpc) is 2.59. The van der Waals surface area contributed by atoms with E-state index in [4.69, 9.17) is 14.6 Å². The van der Waals surface area contributed by atoms with E-state index in [2.05, 4.69) is 20.6 Å². The van der Waals surface area contributed by atoms with E-state index in [0.717, 1.165) is 17.1 Å². The molecule has 2 rings (SSSR count). The van der Waals surface area contributed by atoms with Crippen molar-refractivity contribution in [2.75, 3.05) is 32.1 Å². The lowest BCUT2D eigenvalue weighted by atomic mass is 10.1. The first-order chi connectivity index (χ1) is 13.2. The van der Waals surface area contributed by atoms with Crippen molar-refractivity contribution < 1.29 is 24.2 Å². The highest BCUT2D eigenvalue weighted by molar-refractivity contribution is 5.98. The highest BCUT2D eigenvalue weighted by Gasteiger charge is 2.24. The van der Waals surface area contributed by atoms with Crippen molar-refractivity contribution in [3.63, 3.8) is 0 Å². The first-order valence-electron chi connectivity index (χ1n) is 8.96. The molecule has 2 heterocycles. The van der Waals surface area contributed by atoms with Gasteiger partial charge in [0, 0.05) is 38.9 Å². The molecule has 2 amide bonds. The topological polar surface area (TPSA) is 125 Å². The molecule has 0 atom stereocenters. The highest BCUT2D eigenvalue weighted by Crippen LogP contribution is 2.20. The van der Waals surface area contributed by atoms with Crippen LogP contribution in [0.5, 0.6) is 0 Å². The molecular formula is C18H27N5O5. The molecule has 154 valence electrons. The third-order valence-corrected chi connectivity index (χ3v) is 3.77. The summed E-state index contributed by atoms with van der Waals surface area (Å²) in [4.78, 5) is 33.2. The SMILES string of the molecule is COCCNc1ccc2c(n1)CCN(/C(=N/C(=O)OC(C)(C)C)NC(=O)O)C2. The van der Waals surface area contributed by atoms with Gasteiger partial charge in [-0.15, -0.1) is 4.99 Å². The van der Waals surface area contributed by atoms with E-state index >= 15 is 0 Å². The highest BCUT2D eigenvalue weighted by atomic mass is 16.6. The molecule has 1 aliphatic rings. The van der Waals surface area contributed by atoms with Crippen LogP contribution in [-0.4, -0.2) is 65.5 Å². The summed E-state index contributed by atoms with van der Waals surface area (Å²) in [5, 5.41) is 14.5. The minimum Gasteiger partial charge on any atom is -0.465 e. The molecule has 0 spiro atoms. The lowest BCUT2D eigenvalue weighted by Gasteiger charge is -2.30. The van der Waals surface area contributed by atoms with E-state index in [9.17, 15) is 9.59 Å². The van der Waals surface area contributed by atoms with Crippen LogP contribution in [0.25, 0.3) is 0 Å². The number of carbonyl (C=O) groups excluding carboxylic acids is 1. The van der Waals surface area contributed by atoms with Crippen molar-refractivity contribution in [3.05, 3.63) is 23.4 Å². The van der Waals surface area contributed by atoms with Crippen molar-refractivity contribution in [3.8, 4) is 0 Å². The van der Waals surface area contributed by atoms with E-state index in [1.807, 2.05) is 12.1 Å². The number of amides is 2. The smallest absolute Gasteiger partial charge is 0.437 e. The van der Waals surface area contributed by atoms with E-state index in [1.54, 1.807) is 32.8 Å². The van der Waals surface area contributed by atoms with Crippen LogP contribution in [-0.2, 0) is 22.4 Å². The second-order valence-corrected chi connectivity index (χ2v) is 7.24. The fraction of sp³-hybridized carbons (Fsp3) is 0.556. The molecule has 10 heteroatoms. The van der Waals surface area contributed by atoms with Crippen molar-refractivity contribution >= 4 is 24.0 Å². The zero-order chi connectivity index (χ0) is 20.7. The molecule has 1 aromatic rings. The quantitative estimate of drug-likeness (QED) is 0.403. The number of aliphatic imine (C=N–C) groups is 1. The molecule has 1 aromatic heterocycles. The third-order valence-electron chi connectivity index (χ3n) is 3.77. The summed E-state index contributed by atoms with van der Waals surface area (Å²) in [5.74, 6) is 0.699.